The minimum atomic E-state index is -4.79. The number of aromatic nitrogens is 1. The van der Waals surface area contributed by atoms with Gasteiger partial charge in [-0.15, -0.1) is 0 Å². The van der Waals surface area contributed by atoms with Gasteiger partial charge in [0.25, 0.3) is 11.5 Å². The van der Waals surface area contributed by atoms with Gasteiger partial charge < -0.3 is 15.5 Å². The zero-order valence-electron chi connectivity index (χ0n) is 15.2. The lowest BCUT2D eigenvalue weighted by Gasteiger charge is -2.33. The van der Waals surface area contributed by atoms with Crippen molar-refractivity contribution in [2.24, 2.45) is 5.73 Å². The molecule has 1 amide bonds. The van der Waals surface area contributed by atoms with Crippen LogP contribution in [0.5, 0.6) is 0 Å². The first kappa shape index (κ1) is 20.1. The van der Waals surface area contributed by atoms with Gasteiger partial charge in [-0.3, -0.25) is 14.5 Å². The largest absolute Gasteiger partial charge is 0.431 e. The van der Waals surface area contributed by atoms with Gasteiger partial charge in [0.05, 0.1) is 13.2 Å². The van der Waals surface area contributed by atoms with Crippen molar-refractivity contribution < 1.29 is 22.7 Å². The summed E-state index contributed by atoms with van der Waals surface area (Å²) in [6, 6.07) is 7.67. The third-order valence-corrected chi connectivity index (χ3v) is 4.75. The molecule has 0 bridgehead atoms. The maximum Gasteiger partial charge on any atom is 0.431 e. The van der Waals surface area contributed by atoms with Crippen LogP contribution in [-0.4, -0.2) is 41.6 Å². The van der Waals surface area contributed by atoms with Gasteiger partial charge in [0.15, 0.2) is 0 Å². The molecular weight excluding hydrogens is 375 g/mol. The van der Waals surface area contributed by atoms with Crippen molar-refractivity contribution in [1.82, 2.24) is 9.88 Å². The highest BCUT2D eigenvalue weighted by Gasteiger charge is 2.36. The SMILES string of the molecule is CC1COCCN1Cc1ccc(-c2cc(C(N)=O)c(=O)[nH]c2C(F)(F)F)cc1. The van der Waals surface area contributed by atoms with E-state index in [0.717, 1.165) is 18.2 Å². The number of primary amides is 1. The molecule has 0 spiro atoms. The van der Waals surface area contributed by atoms with Crippen molar-refractivity contribution >= 4 is 5.91 Å². The standard InChI is InChI=1S/C19H20F3N3O3/c1-11-10-28-7-6-25(11)9-12-2-4-13(5-3-12)14-8-15(17(23)26)18(27)24-16(14)19(20,21)22/h2-5,8,11H,6-7,9-10H2,1H3,(H2,23,26)(H,24,27). The van der Waals surface area contributed by atoms with Crippen LogP contribution < -0.4 is 11.3 Å². The Bertz CT molecular complexity index is 923. The molecule has 2 aromatic rings. The van der Waals surface area contributed by atoms with Crippen LogP contribution in [-0.2, 0) is 17.5 Å². The highest BCUT2D eigenvalue weighted by Crippen LogP contribution is 2.35. The van der Waals surface area contributed by atoms with Gasteiger partial charge in [0, 0.05) is 24.7 Å². The number of nitrogens with zero attached hydrogens (tertiary/aromatic N) is 1. The summed E-state index contributed by atoms with van der Waals surface area (Å²) in [5, 5.41) is 0. The van der Waals surface area contributed by atoms with E-state index < -0.39 is 28.9 Å². The van der Waals surface area contributed by atoms with E-state index >= 15 is 0 Å². The van der Waals surface area contributed by atoms with Gasteiger partial charge in [0.2, 0.25) is 0 Å². The molecule has 28 heavy (non-hydrogen) atoms. The second-order valence-electron chi connectivity index (χ2n) is 6.75. The number of aromatic amines is 1. The fourth-order valence-corrected chi connectivity index (χ4v) is 3.19. The fraction of sp³-hybridized carbons (Fsp3) is 0.368. The number of amides is 1. The van der Waals surface area contributed by atoms with Gasteiger partial charge in [-0.2, -0.15) is 13.2 Å². The molecule has 1 fully saturated rings. The number of hydrogen-bond donors (Lipinski definition) is 2. The van der Waals surface area contributed by atoms with E-state index in [4.69, 9.17) is 10.5 Å². The molecule has 3 rings (SSSR count). The number of carbonyl (C=O) groups is 1. The Kier molecular flexibility index (Phi) is 5.57. The molecule has 0 saturated carbocycles. The monoisotopic (exact) mass is 395 g/mol. The minimum Gasteiger partial charge on any atom is -0.379 e. The molecule has 150 valence electrons. The first-order chi connectivity index (χ1) is 13.2. The smallest absolute Gasteiger partial charge is 0.379 e. The van der Waals surface area contributed by atoms with Crippen molar-refractivity contribution in [3.63, 3.8) is 0 Å². The van der Waals surface area contributed by atoms with E-state index in [2.05, 4.69) is 11.8 Å². The van der Waals surface area contributed by atoms with Gasteiger partial charge >= 0.3 is 6.18 Å². The second kappa shape index (κ2) is 7.76. The van der Waals surface area contributed by atoms with Crippen LogP contribution in [0.1, 0.15) is 28.5 Å². The van der Waals surface area contributed by atoms with E-state index in [1.165, 1.54) is 12.1 Å². The summed E-state index contributed by atoms with van der Waals surface area (Å²) in [5.74, 6) is -1.09. The first-order valence-electron chi connectivity index (χ1n) is 8.72. The number of nitrogens with two attached hydrogens (primary N) is 1. The predicted molar refractivity (Wildman–Crippen MR) is 96.7 cm³/mol. The molecule has 3 N–H and O–H groups in total. The molecule has 9 heteroatoms. The molecule has 1 aromatic carbocycles. The van der Waals surface area contributed by atoms with Crippen LogP contribution in [0.25, 0.3) is 11.1 Å². The molecule has 1 aliphatic rings. The predicted octanol–water partition coefficient (Wildman–Crippen LogP) is 2.38. The Labute approximate surface area is 159 Å². The zero-order valence-corrected chi connectivity index (χ0v) is 15.2. The summed E-state index contributed by atoms with van der Waals surface area (Å²) in [5.41, 5.74) is 3.07. The Morgan fingerprint density at radius 1 is 1.32 bits per heavy atom. The molecule has 0 aliphatic carbocycles. The van der Waals surface area contributed by atoms with Gasteiger partial charge in [-0.25, -0.2) is 0 Å². The average molecular weight is 395 g/mol. The summed E-state index contributed by atoms with van der Waals surface area (Å²) in [4.78, 5) is 27.1. The van der Waals surface area contributed by atoms with Crippen LogP contribution in [0.2, 0.25) is 0 Å². The van der Waals surface area contributed by atoms with E-state index in [0.29, 0.717) is 19.8 Å². The Morgan fingerprint density at radius 2 is 2.00 bits per heavy atom. The number of alkyl halides is 3. The Hall–Kier alpha value is -2.65. The number of ether oxygens (including phenoxy) is 1. The molecular formula is C19H20F3N3O3. The molecule has 1 unspecified atom stereocenters. The summed E-state index contributed by atoms with van der Waals surface area (Å²) in [6.07, 6.45) is -4.79. The van der Waals surface area contributed by atoms with E-state index in [1.807, 2.05) is 0 Å². The number of nitrogens with one attached hydrogen (secondary N) is 1. The number of morpholine rings is 1. The zero-order chi connectivity index (χ0) is 20.5. The molecule has 6 nitrogen and oxygen atoms in total. The Balaban J connectivity index is 1.95. The van der Waals surface area contributed by atoms with Crippen LogP contribution in [0.4, 0.5) is 13.2 Å². The number of rotatable bonds is 4. The fourth-order valence-electron chi connectivity index (χ4n) is 3.19. The lowest BCUT2D eigenvalue weighted by Crippen LogP contribution is -2.42. The molecule has 1 saturated heterocycles. The highest BCUT2D eigenvalue weighted by molar-refractivity contribution is 5.93. The first-order valence-corrected chi connectivity index (χ1v) is 8.72. The van der Waals surface area contributed by atoms with E-state index in [-0.39, 0.29) is 17.2 Å². The molecule has 1 aliphatic heterocycles. The van der Waals surface area contributed by atoms with Gasteiger partial charge in [-0.1, -0.05) is 24.3 Å². The third kappa shape index (κ3) is 4.26. The third-order valence-electron chi connectivity index (χ3n) is 4.75. The van der Waals surface area contributed by atoms with E-state index in [1.54, 1.807) is 17.1 Å². The van der Waals surface area contributed by atoms with E-state index in [9.17, 15) is 22.8 Å². The second-order valence-corrected chi connectivity index (χ2v) is 6.75. The highest BCUT2D eigenvalue weighted by atomic mass is 19.4. The minimum absolute atomic E-state index is 0.227. The Morgan fingerprint density at radius 3 is 2.57 bits per heavy atom. The molecule has 2 heterocycles. The van der Waals surface area contributed by atoms with Gasteiger partial charge in [0.1, 0.15) is 11.3 Å². The molecule has 0 radical (unpaired) electrons. The molecule has 1 atom stereocenters. The van der Waals surface area contributed by atoms with Crippen molar-refractivity contribution in [3.05, 3.63) is 57.5 Å². The summed E-state index contributed by atoms with van der Waals surface area (Å²) >= 11 is 0. The number of benzene rings is 1. The van der Waals surface area contributed by atoms with Crippen LogP contribution in [0, 0.1) is 0 Å². The summed E-state index contributed by atoms with van der Waals surface area (Å²) in [6.45, 7) is 4.76. The number of pyridine rings is 1. The van der Waals surface area contributed by atoms with Crippen molar-refractivity contribution in [1.29, 1.82) is 0 Å². The number of carbonyl (C=O) groups excluding carboxylic acids is 1. The van der Waals surface area contributed by atoms with Crippen LogP contribution in [0.3, 0.4) is 0 Å². The normalized spacial score (nSPS) is 18.2. The topological polar surface area (TPSA) is 88.4 Å². The summed E-state index contributed by atoms with van der Waals surface area (Å²) in [7, 11) is 0. The number of hydrogen-bond acceptors (Lipinski definition) is 4. The lowest BCUT2D eigenvalue weighted by molar-refractivity contribution is -0.140. The average Bonchev–Trinajstić information content (AvgIpc) is 2.63. The quantitative estimate of drug-likeness (QED) is 0.832. The van der Waals surface area contributed by atoms with Crippen LogP contribution in [0.15, 0.2) is 35.1 Å². The number of H-pyrrole nitrogens is 1. The summed E-state index contributed by atoms with van der Waals surface area (Å²) < 4.78 is 45.5. The van der Waals surface area contributed by atoms with Crippen molar-refractivity contribution in [3.8, 4) is 11.1 Å². The lowest BCUT2D eigenvalue weighted by atomic mass is 9.99. The van der Waals surface area contributed by atoms with Crippen LogP contribution >= 0.6 is 0 Å². The number of halogens is 3. The van der Waals surface area contributed by atoms with Crippen molar-refractivity contribution in [2.75, 3.05) is 19.8 Å². The van der Waals surface area contributed by atoms with Gasteiger partial charge in [-0.05, 0) is 24.1 Å². The molecule has 1 aromatic heterocycles. The maximum absolute atomic E-state index is 13.4. The van der Waals surface area contributed by atoms with Crippen molar-refractivity contribution in [2.45, 2.75) is 25.7 Å². The maximum atomic E-state index is 13.4.